The zero-order valence-electron chi connectivity index (χ0n) is 10.1. The molecule has 1 atom stereocenters. The second kappa shape index (κ2) is 5.41. The van der Waals surface area contributed by atoms with Gasteiger partial charge < -0.3 is 5.32 Å². The fourth-order valence-corrected chi connectivity index (χ4v) is 2.21. The van der Waals surface area contributed by atoms with Crippen molar-refractivity contribution in [3.63, 3.8) is 0 Å². The summed E-state index contributed by atoms with van der Waals surface area (Å²) in [7, 11) is 0. The van der Waals surface area contributed by atoms with Crippen molar-refractivity contribution in [2.75, 3.05) is 6.54 Å². The van der Waals surface area contributed by atoms with Crippen LogP contribution in [0.15, 0.2) is 18.2 Å². The fourth-order valence-electron chi connectivity index (χ4n) is 2.21. The molecule has 17 heavy (non-hydrogen) atoms. The van der Waals surface area contributed by atoms with Gasteiger partial charge >= 0.3 is 0 Å². The fraction of sp³-hybridized carbons (Fsp3) is 0.500. The summed E-state index contributed by atoms with van der Waals surface area (Å²) in [4.78, 5) is 12.0. The van der Waals surface area contributed by atoms with E-state index >= 15 is 0 Å². The van der Waals surface area contributed by atoms with Gasteiger partial charge in [-0.15, -0.1) is 0 Å². The van der Waals surface area contributed by atoms with Crippen molar-refractivity contribution >= 4 is 5.78 Å². The topological polar surface area (TPSA) is 29.1 Å². The van der Waals surface area contributed by atoms with E-state index in [-0.39, 0.29) is 17.6 Å². The molecule has 0 saturated carbocycles. The van der Waals surface area contributed by atoms with Crippen LogP contribution in [0, 0.1) is 12.7 Å². The second-order valence-electron chi connectivity index (χ2n) is 4.74. The molecule has 1 aliphatic heterocycles. The number of Topliss-reactive ketones (excluding diaryl/α,β-unsaturated/α-hetero) is 1. The third-order valence-electron chi connectivity index (χ3n) is 3.34. The Hall–Kier alpha value is -1.22. The molecule has 2 nitrogen and oxygen atoms in total. The highest BCUT2D eigenvalue weighted by atomic mass is 19.1. The normalized spacial score (nSPS) is 20.2. The number of carbonyl (C=O) groups is 1. The van der Waals surface area contributed by atoms with E-state index in [0.717, 1.165) is 13.0 Å². The van der Waals surface area contributed by atoms with Crippen molar-refractivity contribution in [3.8, 4) is 0 Å². The molecule has 0 aromatic heterocycles. The number of hydrogen-bond acceptors (Lipinski definition) is 2. The lowest BCUT2D eigenvalue weighted by molar-refractivity contribution is 0.0963. The molecule has 0 aliphatic carbocycles. The van der Waals surface area contributed by atoms with Gasteiger partial charge in [-0.25, -0.2) is 4.39 Å². The SMILES string of the molecule is Cc1ccc(C(=O)CC2CCCCN2)cc1F. The summed E-state index contributed by atoms with van der Waals surface area (Å²) in [5.41, 5.74) is 1.07. The Kier molecular flexibility index (Phi) is 3.89. The maximum atomic E-state index is 13.4. The van der Waals surface area contributed by atoms with Gasteiger partial charge in [0, 0.05) is 18.0 Å². The molecule has 0 bridgehead atoms. The zero-order chi connectivity index (χ0) is 12.3. The first-order valence-corrected chi connectivity index (χ1v) is 6.19. The van der Waals surface area contributed by atoms with E-state index in [2.05, 4.69) is 5.32 Å². The van der Waals surface area contributed by atoms with Crippen LogP contribution < -0.4 is 5.32 Å². The lowest BCUT2D eigenvalue weighted by atomic mass is 9.96. The average molecular weight is 235 g/mol. The van der Waals surface area contributed by atoms with Crippen LogP contribution in [-0.4, -0.2) is 18.4 Å². The number of halogens is 1. The molecule has 1 saturated heterocycles. The minimum atomic E-state index is -0.299. The van der Waals surface area contributed by atoms with E-state index in [1.54, 1.807) is 19.1 Å². The minimum absolute atomic E-state index is 0.0308. The average Bonchev–Trinajstić information content (AvgIpc) is 2.34. The van der Waals surface area contributed by atoms with Crippen LogP contribution in [-0.2, 0) is 0 Å². The number of hydrogen-bond donors (Lipinski definition) is 1. The first-order valence-electron chi connectivity index (χ1n) is 6.19. The quantitative estimate of drug-likeness (QED) is 0.816. The Morgan fingerprint density at radius 3 is 2.94 bits per heavy atom. The molecule has 0 amide bonds. The van der Waals surface area contributed by atoms with Gasteiger partial charge in [-0.1, -0.05) is 18.6 Å². The third-order valence-corrected chi connectivity index (χ3v) is 3.34. The molecule has 0 radical (unpaired) electrons. The standard InChI is InChI=1S/C14H18FNO/c1-10-5-6-11(8-13(10)15)14(17)9-12-4-2-3-7-16-12/h5-6,8,12,16H,2-4,7,9H2,1H3. The van der Waals surface area contributed by atoms with Gasteiger partial charge in [-0.3, -0.25) is 4.79 Å². The summed E-state index contributed by atoms with van der Waals surface area (Å²) < 4.78 is 13.4. The van der Waals surface area contributed by atoms with Crippen molar-refractivity contribution in [1.29, 1.82) is 0 Å². The van der Waals surface area contributed by atoms with Crippen molar-refractivity contribution in [2.45, 2.75) is 38.6 Å². The second-order valence-corrected chi connectivity index (χ2v) is 4.74. The van der Waals surface area contributed by atoms with Crippen molar-refractivity contribution < 1.29 is 9.18 Å². The molecule has 92 valence electrons. The van der Waals surface area contributed by atoms with Crippen molar-refractivity contribution in [2.24, 2.45) is 0 Å². The molecular formula is C14H18FNO. The Balaban J connectivity index is 2.01. The third kappa shape index (κ3) is 3.13. The number of benzene rings is 1. The van der Waals surface area contributed by atoms with E-state index in [0.29, 0.717) is 17.5 Å². The van der Waals surface area contributed by atoms with Gasteiger partial charge in [0.25, 0.3) is 0 Å². The van der Waals surface area contributed by atoms with E-state index < -0.39 is 0 Å². The summed E-state index contributed by atoms with van der Waals surface area (Å²) in [6.07, 6.45) is 3.87. The van der Waals surface area contributed by atoms with Gasteiger partial charge in [0.1, 0.15) is 5.82 Å². The van der Waals surface area contributed by atoms with Crippen molar-refractivity contribution in [1.82, 2.24) is 5.32 Å². The summed E-state index contributed by atoms with van der Waals surface area (Å²) in [5.74, 6) is -0.268. The van der Waals surface area contributed by atoms with Gasteiger partial charge in [0.15, 0.2) is 5.78 Å². The van der Waals surface area contributed by atoms with E-state index in [1.165, 1.54) is 18.9 Å². The molecule has 1 aliphatic rings. The van der Waals surface area contributed by atoms with Crippen LogP contribution in [0.5, 0.6) is 0 Å². The highest BCUT2D eigenvalue weighted by Crippen LogP contribution is 2.15. The lowest BCUT2D eigenvalue weighted by Crippen LogP contribution is -2.35. The highest BCUT2D eigenvalue weighted by Gasteiger charge is 2.17. The smallest absolute Gasteiger partial charge is 0.164 e. The molecule has 1 aromatic rings. The number of rotatable bonds is 3. The molecule has 0 spiro atoms. The van der Waals surface area contributed by atoms with Crippen LogP contribution >= 0.6 is 0 Å². The molecule has 1 N–H and O–H groups in total. The number of carbonyl (C=O) groups excluding carboxylic acids is 1. The first kappa shape index (κ1) is 12.2. The van der Waals surface area contributed by atoms with Gasteiger partial charge in [0.05, 0.1) is 0 Å². The van der Waals surface area contributed by atoms with E-state index in [9.17, 15) is 9.18 Å². The summed E-state index contributed by atoms with van der Waals surface area (Å²) >= 11 is 0. The maximum absolute atomic E-state index is 13.4. The molecule has 1 heterocycles. The molecule has 3 heteroatoms. The van der Waals surface area contributed by atoms with E-state index in [4.69, 9.17) is 0 Å². The number of ketones is 1. The molecule has 1 aromatic carbocycles. The lowest BCUT2D eigenvalue weighted by Gasteiger charge is -2.22. The monoisotopic (exact) mass is 235 g/mol. The largest absolute Gasteiger partial charge is 0.314 e. The van der Waals surface area contributed by atoms with Crippen LogP contribution in [0.2, 0.25) is 0 Å². The van der Waals surface area contributed by atoms with Crippen molar-refractivity contribution in [3.05, 3.63) is 35.1 Å². The maximum Gasteiger partial charge on any atom is 0.164 e. The zero-order valence-corrected chi connectivity index (χ0v) is 10.1. The Labute approximate surface area is 101 Å². The molecular weight excluding hydrogens is 217 g/mol. The Morgan fingerprint density at radius 1 is 1.47 bits per heavy atom. The predicted octanol–water partition coefficient (Wildman–Crippen LogP) is 2.85. The number of aryl methyl sites for hydroxylation is 1. The first-order chi connectivity index (χ1) is 8.16. The molecule has 2 rings (SSSR count). The number of piperidine rings is 1. The van der Waals surface area contributed by atoms with Gasteiger partial charge in [-0.2, -0.15) is 0 Å². The molecule has 1 unspecified atom stereocenters. The number of nitrogens with one attached hydrogen (secondary N) is 1. The predicted molar refractivity (Wildman–Crippen MR) is 65.7 cm³/mol. The summed E-state index contributed by atoms with van der Waals surface area (Å²) in [6.45, 7) is 2.69. The Bertz CT molecular complexity index is 411. The van der Waals surface area contributed by atoms with Crippen LogP contribution in [0.25, 0.3) is 0 Å². The highest BCUT2D eigenvalue weighted by molar-refractivity contribution is 5.96. The minimum Gasteiger partial charge on any atom is -0.314 e. The summed E-state index contributed by atoms with van der Waals surface area (Å²) in [5, 5.41) is 3.33. The van der Waals surface area contributed by atoms with Crippen LogP contribution in [0.1, 0.15) is 41.6 Å². The summed E-state index contributed by atoms with van der Waals surface area (Å²) in [6, 6.07) is 4.99. The van der Waals surface area contributed by atoms with Crippen LogP contribution in [0.3, 0.4) is 0 Å². The Morgan fingerprint density at radius 2 is 2.29 bits per heavy atom. The van der Waals surface area contributed by atoms with Crippen LogP contribution in [0.4, 0.5) is 4.39 Å². The molecule has 1 fully saturated rings. The van der Waals surface area contributed by atoms with Gasteiger partial charge in [-0.05, 0) is 37.9 Å². The van der Waals surface area contributed by atoms with E-state index in [1.807, 2.05) is 0 Å². The van der Waals surface area contributed by atoms with Gasteiger partial charge in [0.2, 0.25) is 0 Å².